The molecule has 1 aliphatic rings. The summed E-state index contributed by atoms with van der Waals surface area (Å²) in [7, 11) is 0. The average Bonchev–Trinajstić information content (AvgIpc) is 2.69. The Balaban J connectivity index is 2.23. The van der Waals surface area contributed by atoms with E-state index in [2.05, 4.69) is 0 Å². The van der Waals surface area contributed by atoms with Crippen LogP contribution in [0.1, 0.15) is 17.2 Å². The molecule has 0 radical (unpaired) electrons. The number of allylic oxidation sites excluding steroid dienone is 2. The highest BCUT2D eigenvalue weighted by atomic mass is 32.1. The van der Waals surface area contributed by atoms with Crippen molar-refractivity contribution in [3.05, 3.63) is 56.1 Å². The fourth-order valence-corrected chi connectivity index (χ4v) is 2.42. The van der Waals surface area contributed by atoms with Crippen molar-refractivity contribution in [1.82, 2.24) is 0 Å². The third-order valence-corrected chi connectivity index (χ3v) is 3.35. The molecule has 5 heteroatoms. The van der Waals surface area contributed by atoms with Gasteiger partial charge >= 0.3 is 0 Å². The van der Waals surface area contributed by atoms with Gasteiger partial charge in [0.15, 0.2) is 0 Å². The molecule has 0 amide bonds. The van der Waals surface area contributed by atoms with Gasteiger partial charge in [-0.2, -0.15) is 0 Å². The van der Waals surface area contributed by atoms with Crippen LogP contribution >= 0.6 is 11.3 Å². The molecule has 15 heavy (non-hydrogen) atoms. The molecule has 0 saturated carbocycles. The van der Waals surface area contributed by atoms with Gasteiger partial charge in [-0.15, -0.1) is 11.3 Å². The minimum atomic E-state index is -0.434. The molecule has 1 heterocycles. The third kappa shape index (κ3) is 1.92. The standard InChI is InChI=1S/C10H10N2O2S/c11-8-6-7(10-2-1-5-15-10)3-4-9(8)12(13)14/h1-2,4-7H,3,11H2/t7-/m0/s1. The summed E-state index contributed by atoms with van der Waals surface area (Å²) in [4.78, 5) is 11.3. The van der Waals surface area contributed by atoms with Crippen LogP contribution in [0.4, 0.5) is 0 Å². The predicted octanol–water partition coefficient (Wildman–Crippen LogP) is 2.24. The maximum Gasteiger partial charge on any atom is 0.287 e. The van der Waals surface area contributed by atoms with Gasteiger partial charge in [0.25, 0.3) is 5.70 Å². The predicted molar refractivity (Wildman–Crippen MR) is 59.0 cm³/mol. The Kier molecular flexibility index (Phi) is 2.55. The van der Waals surface area contributed by atoms with E-state index in [-0.39, 0.29) is 17.3 Å². The van der Waals surface area contributed by atoms with E-state index in [0.29, 0.717) is 6.42 Å². The quantitative estimate of drug-likeness (QED) is 0.616. The number of nitrogens with zero attached hydrogens (tertiary/aromatic N) is 1. The summed E-state index contributed by atoms with van der Waals surface area (Å²) >= 11 is 1.64. The van der Waals surface area contributed by atoms with Crippen molar-refractivity contribution >= 4 is 11.3 Å². The molecule has 0 saturated heterocycles. The molecule has 2 rings (SSSR count). The zero-order valence-corrected chi connectivity index (χ0v) is 8.74. The van der Waals surface area contributed by atoms with Gasteiger partial charge in [0, 0.05) is 10.8 Å². The zero-order chi connectivity index (χ0) is 10.8. The molecule has 78 valence electrons. The first-order chi connectivity index (χ1) is 7.18. The highest BCUT2D eigenvalue weighted by Gasteiger charge is 2.22. The van der Waals surface area contributed by atoms with Crippen molar-refractivity contribution in [1.29, 1.82) is 0 Å². The van der Waals surface area contributed by atoms with Gasteiger partial charge in [0.1, 0.15) is 5.70 Å². The summed E-state index contributed by atoms with van der Waals surface area (Å²) in [6.45, 7) is 0. The van der Waals surface area contributed by atoms with Gasteiger partial charge in [-0.25, -0.2) is 0 Å². The number of rotatable bonds is 2. The van der Waals surface area contributed by atoms with E-state index in [9.17, 15) is 10.1 Å². The van der Waals surface area contributed by atoms with Crippen LogP contribution in [-0.2, 0) is 0 Å². The molecule has 0 aromatic carbocycles. The SMILES string of the molecule is NC1=C[C@@H](c2cccs2)CC=C1[N+](=O)[O-]. The van der Waals surface area contributed by atoms with Crippen molar-refractivity contribution in [2.75, 3.05) is 0 Å². The van der Waals surface area contributed by atoms with Gasteiger partial charge in [-0.1, -0.05) is 6.07 Å². The van der Waals surface area contributed by atoms with E-state index < -0.39 is 4.92 Å². The number of nitro groups is 1. The van der Waals surface area contributed by atoms with Crippen LogP contribution in [0.25, 0.3) is 0 Å². The Hall–Kier alpha value is -1.62. The molecule has 0 fully saturated rings. The van der Waals surface area contributed by atoms with E-state index in [4.69, 9.17) is 5.73 Å². The van der Waals surface area contributed by atoms with Crippen molar-refractivity contribution in [2.24, 2.45) is 5.73 Å². The first-order valence-corrected chi connectivity index (χ1v) is 5.42. The number of hydrogen-bond donors (Lipinski definition) is 1. The van der Waals surface area contributed by atoms with Crippen LogP contribution in [0.5, 0.6) is 0 Å². The molecule has 1 aromatic heterocycles. The van der Waals surface area contributed by atoms with E-state index in [1.807, 2.05) is 17.5 Å². The highest BCUT2D eigenvalue weighted by molar-refractivity contribution is 7.10. The van der Waals surface area contributed by atoms with E-state index in [0.717, 1.165) is 0 Å². The maximum atomic E-state index is 10.6. The fourth-order valence-electron chi connectivity index (χ4n) is 1.61. The van der Waals surface area contributed by atoms with E-state index in [1.165, 1.54) is 4.88 Å². The van der Waals surface area contributed by atoms with Crippen molar-refractivity contribution < 1.29 is 4.92 Å². The van der Waals surface area contributed by atoms with Crippen molar-refractivity contribution in [3.63, 3.8) is 0 Å². The van der Waals surface area contributed by atoms with Crippen molar-refractivity contribution in [2.45, 2.75) is 12.3 Å². The second-order valence-electron chi connectivity index (χ2n) is 3.33. The number of hydrogen-bond acceptors (Lipinski definition) is 4. The van der Waals surface area contributed by atoms with Crippen LogP contribution in [0.2, 0.25) is 0 Å². The maximum absolute atomic E-state index is 10.6. The second kappa shape index (κ2) is 3.86. The topological polar surface area (TPSA) is 69.2 Å². The molecule has 0 bridgehead atoms. The van der Waals surface area contributed by atoms with Crippen molar-refractivity contribution in [3.8, 4) is 0 Å². The number of thiophene rings is 1. The molecule has 2 N–H and O–H groups in total. The van der Waals surface area contributed by atoms with Crippen LogP contribution in [-0.4, -0.2) is 4.92 Å². The second-order valence-corrected chi connectivity index (χ2v) is 4.31. The molecule has 0 unspecified atom stereocenters. The lowest BCUT2D eigenvalue weighted by molar-refractivity contribution is -0.421. The molecular weight excluding hydrogens is 212 g/mol. The van der Waals surface area contributed by atoms with Crippen LogP contribution in [0.3, 0.4) is 0 Å². The Morgan fingerprint density at radius 1 is 1.60 bits per heavy atom. The lowest BCUT2D eigenvalue weighted by atomic mass is 9.96. The molecule has 1 atom stereocenters. The number of nitrogens with two attached hydrogens (primary N) is 1. The molecule has 1 aromatic rings. The van der Waals surface area contributed by atoms with Gasteiger partial charge in [0.05, 0.1) is 4.92 Å². The van der Waals surface area contributed by atoms with E-state index >= 15 is 0 Å². The Bertz CT molecular complexity index is 434. The summed E-state index contributed by atoms with van der Waals surface area (Å²) in [5.41, 5.74) is 5.93. The third-order valence-electron chi connectivity index (χ3n) is 2.35. The Morgan fingerprint density at radius 2 is 2.40 bits per heavy atom. The fraction of sp³-hybridized carbons (Fsp3) is 0.200. The minimum Gasteiger partial charge on any atom is -0.393 e. The van der Waals surface area contributed by atoms with Gasteiger partial charge in [-0.05, 0) is 30.0 Å². The van der Waals surface area contributed by atoms with Crippen LogP contribution in [0, 0.1) is 10.1 Å². The Morgan fingerprint density at radius 3 is 2.93 bits per heavy atom. The highest BCUT2D eigenvalue weighted by Crippen LogP contribution is 2.31. The lowest BCUT2D eigenvalue weighted by Crippen LogP contribution is -2.14. The Labute approximate surface area is 90.9 Å². The minimum absolute atomic E-state index is 0.0304. The monoisotopic (exact) mass is 222 g/mol. The largest absolute Gasteiger partial charge is 0.393 e. The van der Waals surface area contributed by atoms with Gasteiger partial charge in [0.2, 0.25) is 0 Å². The normalized spacial score (nSPS) is 20.7. The van der Waals surface area contributed by atoms with Gasteiger partial charge < -0.3 is 5.73 Å². The van der Waals surface area contributed by atoms with Crippen LogP contribution in [0.15, 0.2) is 41.1 Å². The zero-order valence-electron chi connectivity index (χ0n) is 7.92. The molecule has 4 nitrogen and oxygen atoms in total. The van der Waals surface area contributed by atoms with Crippen LogP contribution < -0.4 is 5.73 Å². The molecular formula is C10H10N2O2S. The summed E-state index contributed by atoms with van der Waals surface area (Å²) in [5, 5.41) is 12.6. The van der Waals surface area contributed by atoms with Gasteiger partial charge in [-0.3, -0.25) is 10.1 Å². The molecule has 0 aliphatic heterocycles. The molecule has 1 aliphatic carbocycles. The molecule has 0 spiro atoms. The first-order valence-electron chi connectivity index (χ1n) is 4.54. The summed E-state index contributed by atoms with van der Waals surface area (Å²) < 4.78 is 0. The summed E-state index contributed by atoms with van der Waals surface area (Å²) in [6, 6.07) is 3.99. The summed E-state index contributed by atoms with van der Waals surface area (Å²) in [5.74, 6) is 0.189. The lowest BCUT2D eigenvalue weighted by Gasteiger charge is -2.13. The first kappa shape index (κ1) is 9.92. The van der Waals surface area contributed by atoms with E-state index in [1.54, 1.807) is 23.5 Å². The average molecular weight is 222 g/mol. The summed E-state index contributed by atoms with van der Waals surface area (Å²) in [6.07, 6.45) is 4.02. The smallest absolute Gasteiger partial charge is 0.287 e.